The molecule has 1 aromatic rings. The third-order valence-corrected chi connectivity index (χ3v) is 2.87. The highest BCUT2D eigenvalue weighted by atomic mass is 16.5. The summed E-state index contributed by atoms with van der Waals surface area (Å²) in [6.45, 7) is 10.1. The molecular formula is C14H25N3O2. The van der Waals surface area contributed by atoms with Crippen molar-refractivity contribution in [1.29, 1.82) is 0 Å². The maximum atomic E-state index is 11.9. The molecule has 0 aliphatic carbocycles. The Labute approximate surface area is 115 Å². The molecule has 0 aromatic carbocycles. The zero-order chi connectivity index (χ0) is 14.3. The van der Waals surface area contributed by atoms with Crippen molar-refractivity contribution in [2.75, 3.05) is 13.2 Å². The highest BCUT2D eigenvalue weighted by Gasteiger charge is 2.21. The van der Waals surface area contributed by atoms with E-state index in [-0.39, 0.29) is 12.0 Å². The summed E-state index contributed by atoms with van der Waals surface area (Å²) in [5, 5.41) is 3.34. The molecule has 0 fully saturated rings. The fraction of sp³-hybridized carbons (Fsp3) is 0.714. The van der Waals surface area contributed by atoms with E-state index in [9.17, 15) is 4.79 Å². The highest BCUT2D eigenvalue weighted by molar-refractivity contribution is 5.74. The Kier molecular flexibility index (Phi) is 6.56. The van der Waals surface area contributed by atoms with Gasteiger partial charge in [-0.2, -0.15) is 0 Å². The maximum absolute atomic E-state index is 11.9. The molecule has 1 atom stereocenters. The second kappa shape index (κ2) is 7.94. The number of esters is 1. The number of rotatable bonds is 8. The van der Waals surface area contributed by atoms with Crippen LogP contribution in [0.25, 0.3) is 0 Å². The zero-order valence-electron chi connectivity index (χ0n) is 12.3. The van der Waals surface area contributed by atoms with Gasteiger partial charge in [-0.3, -0.25) is 0 Å². The zero-order valence-corrected chi connectivity index (χ0v) is 12.3. The quantitative estimate of drug-likeness (QED) is 0.733. The predicted molar refractivity (Wildman–Crippen MR) is 74.7 cm³/mol. The van der Waals surface area contributed by atoms with Crippen LogP contribution < -0.4 is 5.32 Å². The van der Waals surface area contributed by atoms with Crippen LogP contribution in [0.15, 0.2) is 12.4 Å². The summed E-state index contributed by atoms with van der Waals surface area (Å²) in [7, 11) is 0. The summed E-state index contributed by atoms with van der Waals surface area (Å²) in [5.74, 6) is 1.28. The van der Waals surface area contributed by atoms with Gasteiger partial charge in [0.2, 0.25) is 0 Å². The largest absolute Gasteiger partial charge is 0.464 e. The van der Waals surface area contributed by atoms with Crippen LogP contribution in [0, 0.1) is 5.92 Å². The van der Waals surface area contributed by atoms with Gasteiger partial charge < -0.3 is 14.6 Å². The summed E-state index contributed by atoms with van der Waals surface area (Å²) in [5.41, 5.74) is 0. The van der Waals surface area contributed by atoms with E-state index in [2.05, 4.69) is 24.1 Å². The molecule has 1 rings (SSSR count). The highest BCUT2D eigenvalue weighted by Crippen LogP contribution is 2.15. The summed E-state index contributed by atoms with van der Waals surface area (Å²) in [6, 6.07) is -0.279. The van der Waals surface area contributed by atoms with E-state index < -0.39 is 0 Å². The summed E-state index contributed by atoms with van der Waals surface area (Å²) < 4.78 is 7.02. The number of aromatic nitrogens is 2. The molecule has 108 valence electrons. The number of imidazole rings is 1. The Morgan fingerprint density at radius 1 is 1.47 bits per heavy atom. The molecule has 0 amide bonds. The van der Waals surface area contributed by atoms with Crippen molar-refractivity contribution in [2.24, 2.45) is 5.92 Å². The fourth-order valence-corrected chi connectivity index (χ4v) is 1.95. The van der Waals surface area contributed by atoms with E-state index in [1.807, 2.05) is 24.6 Å². The average Bonchev–Trinajstić information content (AvgIpc) is 2.78. The molecular weight excluding hydrogens is 242 g/mol. The molecule has 0 radical (unpaired) electrons. The van der Waals surface area contributed by atoms with Gasteiger partial charge in [0.1, 0.15) is 11.9 Å². The molecule has 1 aromatic heterocycles. The van der Waals surface area contributed by atoms with Gasteiger partial charge in [0.25, 0.3) is 0 Å². The van der Waals surface area contributed by atoms with Crippen LogP contribution in [-0.4, -0.2) is 28.7 Å². The van der Waals surface area contributed by atoms with Crippen LogP contribution in [0.5, 0.6) is 0 Å². The molecule has 0 bridgehead atoms. The van der Waals surface area contributed by atoms with Crippen molar-refractivity contribution in [3.05, 3.63) is 18.2 Å². The van der Waals surface area contributed by atoms with Crippen molar-refractivity contribution < 1.29 is 9.53 Å². The minimum atomic E-state index is -0.279. The molecule has 5 heteroatoms. The van der Waals surface area contributed by atoms with Crippen molar-refractivity contribution in [3.8, 4) is 0 Å². The van der Waals surface area contributed by atoms with Crippen molar-refractivity contribution in [1.82, 2.24) is 14.9 Å². The van der Waals surface area contributed by atoms with Gasteiger partial charge in [0.05, 0.1) is 13.2 Å². The Morgan fingerprint density at radius 3 is 2.79 bits per heavy atom. The SMILES string of the molecule is CCOC(=O)C(CC)n1ccnc1CNCC(C)C. The Bertz CT molecular complexity index is 388. The number of carbonyl (C=O) groups is 1. The van der Waals surface area contributed by atoms with E-state index in [4.69, 9.17) is 4.74 Å². The van der Waals surface area contributed by atoms with Crippen LogP contribution >= 0.6 is 0 Å². The first kappa shape index (κ1) is 15.7. The molecule has 0 saturated heterocycles. The van der Waals surface area contributed by atoms with Gasteiger partial charge in [-0.25, -0.2) is 9.78 Å². The van der Waals surface area contributed by atoms with E-state index in [1.165, 1.54) is 0 Å². The number of ether oxygens (including phenoxy) is 1. The molecule has 0 saturated carbocycles. The first-order valence-corrected chi connectivity index (χ1v) is 6.99. The summed E-state index contributed by atoms with van der Waals surface area (Å²) >= 11 is 0. The third kappa shape index (κ3) is 4.67. The van der Waals surface area contributed by atoms with Gasteiger partial charge in [-0.05, 0) is 25.8 Å². The minimum Gasteiger partial charge on any atom is -0.464 e. The van der Waals surface area contributed by atoms with Crippen LogP contribution in [-0.2, 0) is 16.1 Å². The molecule has 1 heterocycles. The van der Waals surface area contributed by atoms with Crippen LogP contribution in [0.4, 0.5) is 0 Å². The maximum Gasteiger partial charge on any atom is 0.329 e. The van der Waals surface area contributed by atoms with Gasteiger partial charge in [0, 0.05) is 12.4 Å². The lowest BCUT2D eigenvalue weighted by atomic mass is 10.2. The lowest BCUT2D eigenvalue weighted by molar-refractivity contribution is -0.147. The van der Waals surface area contributed by atoms with Gasteiger partial charge in [-0.1, -0.05) is 20.8 Å². The van der Waals surface area contributed by atoms with Gasteiger partial charge in [-0.15, -0.1) is 0 Å². The van der Waals surface area contributed by atoms with Gasteiger partial charge in [0.15, 0.2) is 0 Å². The van der Waals surface area contributed by atoms with E-state index in [0.717, 1.165) is 12.4 Å². The topological polar surface area (TPSA) is 56.2 Å². The van der Waals surface area contributed by atoms with Gasteiger partial charge >= 0.3 is 5.97 Å². The second-order valence-corrected chi connectivity index (χ2v) is 4.95. The molecule has 19 heavy (non-hydrogen) atoms. The van der Waals surface area contributed by atoms with E-state index >= 15 is 0 Å². The van der Waals surface area contributed by atoms with E-state index in [0.29, 0.717) is 25.5 Å². The Hall–Kier alpha value is -1.36. The Balaban J connectivity index is 2.70. The molecule has 5 nitrogen and oxygen atoms in total. The van der Waals surface area contributed by atoms with Crippen LogP contribution in [0.3, 0.4) is 0 Å². The van der Waals surface area contributed by atoms with Crippen molar-refractivity contribution in [2.45, 2.75) is 46.7 Å². The Morgan fingerprint density at radius 2 is 2.21 bits per heavy atom. The van der Waals surface area contributed by atoms with Crippen LogP contribution in [0.2, 0.25) is 0 Å². The molecule has 0 aliphatic heterocycles. The van der Waals surface area contributed by atoms with Crippen molar-refractivity contribution >= 4 is 5.97 Å². The third-order valence-electron chi connectivity index (χ3n) is 2.87. The summed E-state index contributed by atoms with van der Waals surface area (Å²) in [6.07, 6.45) is 4.28. The predicted octanol–water partition coefficient (Wildman–Crippen LogP) is 2.14. The standard InChI is InChI=1S/C14H25N3O2/c1-5-12(14(18)19-6-2)17-8-7-16-13(17)10-15-9-11(3)4/h7-8,11-12,15H,5-6,9-10H2,1-4H3. The van der Waals surface area contributed by atoms with Crippen LogP contribution in [0.1, 0.15) is 46.0 Å². The summed E-state index contributed by atoms with van der Waals surface area (Å²) in [4.78, 5) is 16.2. The minimum absolute atomic E-state index is 0.187. The monoisotopic (exact) mass is 267 g/mol. The van der Waals surface area contributed by atoms with E-state index in [1.54, 1.807) is 6.20 Å². The number of nitrogens with one attached hydrogen (secondary N) is 1. The molecule has 0 aliphatic rings. The fourth-order valence-electron chi connectivity index (χ4n) is 1.95. The number of nitrogens with zero attached hydrogens (tertiary/aromatic N) is 2. The molecule has 0 spiro atoms. The second-order valence-electron chi connectivity index (χ2n) is 4.95. The number of carbonyl (C=O) groups excluding carboxylic acids is 1. The lowest BCUT2D eigenvalue weighted by Crippen LogP contribution is -2.26. The average molecular weight is 267 g/mol. The first-order valence-electron chi connectivity index (χ1n) is 6.99. The normalized spacial score (nSPS) is 12.7. The smallest absolute Gasteiger partial charge is 0.329 e. The molecule has 1 N–H and O–H groups in total. The first-order chi connectivity index (χ1) is 9.10. The molecule has 1 unspecified atom stereocenters. The lowest BCUT2D eigenvalue weighted by Gasteiger charge is -2.18. The number of hydrogen-bond acceptors (Lipinski definition) is 4. The van der Waals surface area contributed by atoms with Crippen molar-refractivity contribution in [3.63, 3.8) is 0 Å². The number of hydrogen-bond donors (Lipinski definition) is 1.